The summed E-state index contributed by atoms with van der Waals surface area (Å²) in [7, 11) is 0. The standard InChI is InChI=1S/C24H29NO3.ClH/c1-19-8-5-6-12-22(19)23(20-9-3-2-4-10-20)13-16-28-17-15-25-14-7-11-21(18-25)24(26)27;/h2-6,8-10,12-13,21H,7,11,14-18H2,1H3,(H,26,27);1H/t21-;/m1./s1. The topological polar surface area (TPSA) is 49.8 Å². The predicted octanol–water partition coefficient (Wildman–Crippen LogP) is 4.66. The molecule has 1 aliphatic heterocycles. The molecule has 0 aromatic heterocycles. The molecule has 3 rings (SSSR count). The van der Waals surface area contributed by atoms with Crippen LogP contribution < -0.4 is 0 Å². The largest absolute Gasteiger partial charge is 0.481 e. The number of carboxylic acid groups (broad SMARTS) is 1. The number of hydrogen-bond donors (Lipinski definition) is 1. The lowest BCUT2D eigenvalue weighted by atomic mass is 9.94. The number of aliphatic carboxylic acids is 1. The zero-order chi connectivity index (χ0) is 19.8. The minimum atomic E-state index is -0.681. The molecule has 156 valence electrons. The Balaban J connectivity index is 0.00000300. The molecule has 29 heavy (non-hydrogen) atoms. The summed E-state index contributed by atoms with van der Waals surface area (Å²) in [5.74, 6) is -0.918. The molecule has 1 fully saturated rings. The summed E-state index contributed by atoms with van der Waals surface area (Å²) in [5, 5.41) is 9.20. The molecule has 2 aromatic rings. The number of piperidine rings is 1. The smallest absolute Gasteiger partial charge is 0.307 e. The molecular formula is C24H30ClNO3. The molecule has 0 amide bonds. The number of ether oxygens (including phenoxy) is 1. The Hall–Kier alpha value is -2.14. The average Bonchev–Trinajstić information content (AvgIpc) is 2.72. The number of hydrogen-bond acceptors (Lipinski definition) is 3. The van der Waals surface area contributed by atoms with E-state index in [1.807, 2.05) is 6.07 Å². The lowest BCUT2D eigenvalue weighted by Gasteiger charge is -2.30. The maximum atomic E-state index is 11.2. The molecule has 1 aliphatic rings. The maximum Gasteiger partial charge on any atom is 0.307 e. The summed E-state index contributed by atoms with van der Waals surface area (Å²) in [5.41, 5.74) is 4.83. The highest BCUT2D eigenvalue weighted by Gasteiger charge is 2.24. The van der Waals surface area contributed by atoms with Gasteiger partial charge in [-0.15, -0.1) is 12.4 Å². The van der Waals surface area contributed by atoms with E-state index in [0.717, 1.165) is 25.9 Å². The summed E-state index contributed by atoms with van der Waals surface area (Å²) in [6, 6.07) is 18.8. The first kappa shape index (κ1) is 23.1. The van der Waals surface area contributed by atoms with E-state index in [9.17, 15) is 9.90 Å². The van der Waals surface area contributed by atoms with E-state index >= 15 is 0 Å². The number of likely N-dealkylation sites (tertiary alicyclic amines) is 1. The van der Waals surface area contributed by atoms with Gasteiger partial charge in [0, 0.05) is 13.1 Å². The van der Waals surface area contributed by atoms with Crippen LogP contribution >= 0.6 is 12.4 Å². The van der Waals surface area contributed by atoms with Crippen molar-refractivity contribution in [1.29, 1.82) is 0 Å². The summed E-state index contributed by atoms with van der Waals surface area (Å²) < 4.78 is 5.88. The van der Waals surface area contributed by atoms with Gasteiger partial charge in [0.2, 0.25) is 0 Å². The minimum absolute atomic E-state index is 0. The molecule has 0 bridgehead atoms. The molecule has 2 aromatic carbocycles. The summed E-state index contributed by atoms with van der Waals surface area (Å²) >= 11 is 0. The Labute approximate surface area is 179 Å². The van der Waals surface area contributed by atoms with Crippen LogP contribution in [0, 0.1) is 12.8 Å². The van der Waals surface area contributed by atoms with Crippen LogP contribution in [0.2, 0.25) is 0 Å². The van der Waals surface area contributed by atoms with Crippen molar-refractivity contribution in [2.45, 2.75) is 19.8 Å². The average molecular weight is 416 g/mol. The Morgan fingerprint density at radius 3 is 2.62 bits per heavy atom. The van der Waals surface area contributed by atoms with E-state index in [-0.39, 0.29) is 18.3 Å². The third-order valence-corrected chi connectivity index (χ3v) is 5.33. The second-order valence-corrected chi connectivity index (χ2v) is 7.35. The van der Waals surface area contributed by atoms with Crippen LogP contribution in [0.3, 0.4) is 0 Å². The lowest BCUT2D eigenvalue weighted by molar-refractivity contribution is -0.143. The van der Waals surface area contributed by atoms with Crippen molar-refractivity contribution in [2.75, 3.05) is 32.8 Å². The fourth-order valence-electron chi connectivity index (χ4n) is 3.76. The second kappa shape index (κ2) is 11.8. The first-order valence-corrected chi connectivity index (χ1v) is 9.99. The monoisotopic (exact) mass is 415 g/mol. The number of rotatable bonds is 8. The van der Waals surface area contributed by atoms with E-state index in [1.165, 1.54) is 22.3 Å². The Bertz CT molecular complexity index is 807. The van der Waals surface area contributed by atoms with E-state index in [0.29, 0.717) is 19.8 Å². The van der Waals surface area contributed by atoms with Gasteiger partial charge in [0.15, 0.2) is 0 Å². The minimum Gasteiger partial charge on any atom is -0.481 e. The van der Waals surface area contributed by atoms with Crippen molar-refractivity contribution in [3.63, 3.8) is 0 Å². The molecule has 0 spiro atoms. The molecule has 4 nitrogen and oxygen atoms in total. The molecule has 0 unspecified atom stereocenters. The maximum absolute atomic E-state index is 11.2. The van der Waals surface area contributed by atoms with Gasteiger partial charge in [-0.3, -0.25) is 4.79 Å². The molecule has 0 saturated carbocycles. The molecule has 1 heterocycles. The number of carboxylic acids is 1. The highest BCUT2D eigenvalue weighted by molar-refractivity contribution is 5.85. The van der Waals surface area contributed by atoms with Gasteiger partial charge >= 0.3 is 5.97 Å². The number of halogens is 1. The quantitative estimate of drug-likeness (QED) is 0.637. The van der Waals surface area contributed by atoms with Gasteiger partial charge < -0.3 is 14.7 Å². The van der Waals surface area contributed by atoms with Crippen LogP contribution in [0.1, 0.15) is 29.5 Å². The first-order valence-electron chi connectivity index (χ1n) is 9.99. The highest BCUT2D eigenvalue weighted by Crippen LogP contribution is 2.26. The Morgan fingerprint density at radius 2 is 1.90 bits per heavy atom. The van der Waals surface area contributed by atoms with Crippen molar-refractivity contribution in [2.24, 2.45) is 5.92 Å². The highest BCUT2D eigenvalue weighted by atomic mass is 35.5. The molecule has 0 radical (unpaired) electrons. The van der Waals surface area contributed by atoms with Crippen molar-refractivity contribution in [3.8, 4) is 0 Å². The van der Waals surface area contributed by atoms with Gasteiger partial charge in [0.05, 0.1) is 19.1 Å². The summed E-state index contributed by atoms with van der Waals surface area (Å²) in [4.78, 5) is 13.4. The van der Waals surface area contributed by atoms with E-state index in [1.54, 1.807) is 0 Å². The predicted molar refractivity (Wildman–Crippen MR) is 120 cm³/mol. The molecule has 0 aliphatic carbocycles. The molecule has 1 saturated heterocycles. The SMILES string of the molecule is Cc1ccccc1C(=CCOCCN1CCC[C@@H](C(=O)O)C1)c1ccccc1.Cl. The third-order valence-electron chi connectivity index (χ3n) is 5.33. The Kier molecular flexibility index (Phi) is 9.39. The normalized spacial score (nSPS) is 17.6. The number of carbonyl (C=O) groups is 1. The fraction of sp³-hybridized carbons (Fsp3) is 0.375. The van der Waals surface area contributed by atoms with Crippen LogP contribution in [0.4, 0.5) is 0 Å². The van der Waals surface area contributed by atoms with Crippen molar-refractivity contribution >= 4 is 23.9 Å². The second-order valence-electron chi connectivity index (χ2n) is 7.35. The zero-order valence-electron chi connectivity index (χ0n) is 16.9. The lowest BCUT2D eigenvalue weighted by Crippen LogP contribution is -2.40. The molecular weight excluding hydrogens is 386 g/mol. The third kappa shape index (κ3) is 6.70. The van der Waals surface area contributed by atoms with Crippen LogP contribution in [0.5, 0.6) is 0 Å². The van der Waals surface area contributed by atoms with Gasteiger partial charge in [-0.05, 0) is 48.6 Å². The van der Waals surface area contributed by atoms with Crippen molar-refractivity contribution in [3.05, 3.63) is 77.4 Å². The fourth-order valence-corrected chi connectivity index (χ4v) is 3.76. The number of nitrogens with zero attached hydrogens (tertiary/aromatic N) is 1. The van der Waals surface area contributed by atoms with E-state index < -0.39 is 5.97 Å². The molecule has 1 N–H and O–H groups in total. The first-order chi connectivity index (χ1) is 13.6. The van der Waals surface area contributed by atoms with Crippen LogP contribution in [-0.4, -0.2) is 48.8 Å². The van der Waals surface area contributed by atoms with Crippen molar-refractivity contribution < 1.29 is 14.6 Å². The van der Waals surface area contributed by atoms with Gasteiger partial charge in [-0.1, -0.05) is 60.7 Å². The summed E-state index contributed by atoms with van der Waals surface area (Å²) in [6.45, 7) is 5.65. The van der Waals surface area contributed by atoms with Gasteiger partial charge in [-0.2, -0.15) is 0 Å². The van der Waals surface area contributed by atoms with Gasteiger partial charge in [-0.25, -0.2) is 0 Å². The van der Waals surface area contributed by atoms with Gasteiger partial charge in [0.25, 0.3) is 0 Å². The molecule has 1 atom stereocenters. The number of aryl methyl sites for hydroxylation is 1. The number of benzene rings is 2. The van der Waals surface area contributed by atoms with E-state index in [4.69, 9.17) is 4.74 Å². The van der Waals surface area contributed by atoms with E-state index in [2.05, 4.69) is 66.4 Å². The van der Waals surface area contributed by atoms with Crippen LogP contribution in [0.15, 0.2) is 60.7 Å². The summed E-state index contributed by atoms with van der Waals surface area (Å²) in [6.07, 6.45) is 3.88. The Morgan fingerprint density at radius 1 is 1.17 bits per heavy atom. The zero-order valence-corrected chi connectivity index (χ0v) is 17.7. The van der Waals surface area contributed by atoms with Crippen molar-refractivity contribution in [1.82, 2.24) is 4.90 Å². The van der Waals surface area contributed by atoms with Crippen LogP contribution in [-0.2, 0) is 9.53 Å². The van der Waals surface area contributed by atoms with Crippen LogP contribution in [0.25, 0.3) is 5.57 Å². The molecule has 5 heteroatoms. The van der Waals surface area contributed by atoms with Gasteiger partial charge in [0.1, 0.15) is 0 Å².